The number of nitrogens with one attached hydrogen (secondary N) is 1. The molecule has 0 aliphatic carbocycles. The van der Waals surface area contributed by atoms with Crippen LogP contribution in [-0.2, 0) is 6.54 Å². The first-order valence-electron chi connectivity index (χ1n) is 5.99. The molecule has 0 amide bonds. The number of nitriles is 1. The van der Waals surface area contributed by atoms with Crippen LogP contribution < -0.4 is 5.32 Å². The highest BCUT2D eigenvalue weighted by Crippen LogP contribution is 2.06. The lowest BCUT2D eigenvalue weighted by Gasteiger charge is -2.20. The number of nitrogens with zero attached hydrogens (tertiary/aromatic N) is 5. The van der Waals surface area contributed by atoms with Gasteiger partial charge in [0.25, 0.3) is 0 Å². The highest BCUT2D eigenvalue weighted by molar-refractivity contribution is 5.23. The van der Waals surface area contributed by atoms with Gasteiger partial charge < -0.3 is 5.32 Å². The van der Waals surface area contributed by atoms with Crippen LogP contribution in [0.5, 0.6) is 0 Å². The molecule has 0 aliphatic rings. The fourth-order valence-electron chi connectivity index (χ4n) is 1.48. The average molecular weight is 256 g/mol. The number of hydrogen-bond acceptors (Lipinski definition) is 5. The van der Waals surface area contributed by atoms with Crippen molar-refractivity contribution in [3.63, 3.8) is 0 Å². The molecule has 0 unspecified atom stereocenters. The average Bonchev–Trinajstić information content (AvgIpc) is 2.84. The van der Waals surface area contributed by atoms with E-state index in [0.29, 0.717) is 12.5 Å². The van der Waals surface area contributed by atoms with Crippen LogP contribution in [0.2, 0.25) is 0 Å². The van der Waals surface area contributed by atoms with Gasteiger partial charge in [-0.1, -0.05) is 0 Å². The molecule has 2 rings (SSSR count). The van der Waals surface area contributed by atoms with E-state index in [9.17, 15) is 0 Å². The van der Waals surface area contributed by atoms with E-state index in [1.54, 1.807) is 29.4 Å². The molecule has 98 valence electrons. The zero-order valence-electron chi connectivity index (χ0n) is 11.3. The standard InChI is InChI=1S/C13H16N6/c1-13(2,3)18-9-10-7-16-12(17-8-10)19-5-4-15-11(19)6-14/h4-5,7-8,18H,9H2,1-3H3. The van der Waals surface area contributed by atoms with E-state index in [1.165, 1.54) is 0 Å². The molecule has 2 aromatic heterocycles. The van der Waals surface area contributed by atoms with E-state index in [2.05, 4.69) is 41.0 Å². The summed E-state index contributed by atoms with van der Waals surface area (Å²) in [4.78, 5) is 12.4. The van der Waals surface area contributed by atoms with E-state index < -0.39 is 0 Å². The molecule has 19 heavy (non-hydrogen) atoms. The van der Waals surface area contributed by atoms with Crippen LogP contribution in [0.15, 0.2) is 24.8 Å². The Kier molecular flexibility index (Phi) is 3.58. The molecule has 0 fully saturated rings. The fraction of sp³-hybridized carbons (Fsp3) is 0.385. The van der Waals surface area contributed by atoms with Gasteiger partial charge in [0.2, 0.25) is 11.8 Å². The first kappa shape index (κ1) is 13.2. The van der Waals surface area contributed by atoms with Crippen molar-refractivity contribution in [1.29, 1.82) is 5.26 Å². The molecule has 0 aromatic carbocycles. The van der Waals surface area contributed by atoms with Crippen LogP contribution in [0.1, 0.15) is 32.2 Å². The summed E-state index contributed by atoms with van der Waals surface area (Å²) < 4.78 is 1.56. The van der Waals surface area contributed by atoms with E-state index in [-0.39, 0.29) is 11.4 Å². The van der Waals surface area contributed by atoms with Crippen molar-refractivity contribution in [2.75, 3.05) is 0 Å². The van der Waals surface area contributed by atoms with Crippen molar-refractivity contribution in [3.8, 4) is 12.0 Å². The topological polar surface area (TPSA) is 79.4 Å². The van der Waals surface area contributed by atoms with Gasteiger partial charge in [0.15, 0.2) is 0 Å². The molecule has 0 radical (unpaired) electrons. The van der Waals surface area contributed by atoms with Crippen molar-refractivity contribution in [3.05, 3.63) is 36.2 Å². The summed E-state index contributed by atoms with van der Waals surface area (Å²) in [6.45, 7) is 7.02. The predicted octanol–water partition coefficient (Wildman–Crippen LogP) is 1.42. The van der Waals surface area contributed by atoms with Crippen molar-refractivity contribution in [2.45, 2.75) is 32.9 Å². The Hall–Kier alpha value is -2.26. The zero-order chi connectivity index (χ0) is 13.9. The SMILES string of the molecule is CC(C)(C)NCc1cnc(-n2ccnc2C#N)nc1. The van der Waals surface area contributed by atoms with Crippen LogP contribution in [-0.4, -0.2) is 25.1 Å². The van der Waals surface area contributed by atoms with E-state index in [1.807, 2.05) is 6.07 Å². The first-order valence-corrected chi connectivity index (χ1v) is 5.99. The van der Waals surface area contributed by atoms with Crippen LogP contribution in [0.4, 0.5) is 0 Å². The second kappa shape index (κ2) is 5.16. The van der Waals surface area contributed by atoms with Crippen molar-refractivity contribution >= 4 is 0 Å². The molecular weight excluding hydrogens is 240 g/mol. The summed E-state index contributed by atoms with van der Waals surface area (Å²) >= 11 is 0. The Morgan fingerprint density at radius 3 is 2.53 bits per heavy atom. The second-order valence-corrected chi connectivity index (χ2v) is 5.23. The van der Waals surface area contributed by atoms with Gasteiger partial charge in [-0.15, -0.1) is 0 Å². The summed E-state index contributed by atoms with van der Waals surface area (Å²) in [5.74, 6) is 0.731. The van der Waals surface area contributed by atoms with Crippen molar-refractivity contribution in [1.82, 2.24) is 24.8 Å². The summed E-state index contributed by atoms with van der Waals surface area (Å²) in [5.41, 5.74) is 1.05. The molecule has 0 aliphatic heterocycles. The maximum Gasteiger partial charge on any atom is 0.235 e. The number of rotatable bonds is 3. The molecule has 6 heteroatoms. The number of aromatic nitrogens is 4. The highest BCUT2D eigenvalue weighted by atomic mass is 15.2. The van der Waals surface area contributed by atoms with Crippen molar-refractivity contribution < 1.29 is 0 Å². The quantitative estimate of drug-likeness (QED) is 0.898. The lowest BCUT2D eigenvalue weighted by atomic mass is 10.1. The number of hydrogen-bond donors (Lipinski definition) is 1. The van der Waals surface area contributed by atoms with E-state index in [4.69, 9.17) is 5.26 Å². The molecule has 2 heterocycles. The lowest BCUT2D eigenvalue weighted by Crippen LogP contribution is -2.35. The van der Waals surface area contributed by atoms with Gasteiger partial charge in [-0.3, -0.25) is 4.57 Å². The van der Waals surface area contributed by atoms with Gasteiger partial charge in [-0.25, -0.2) is 15.0 Å². The van der Waals surface area contributed by atoms with Crippen LogP contribution in [0.3, 0.4) is 0 Å². The fourth-order valence-corrected chi connectivity index (χ4v) is 1.48. The summed E-state index contributed by atoms with van der Waals surface area (Å²) in [7, 11) is 0. The molecule has 0 saturated carbocycles. The van der Waals surface area contributed by atoms with Gasteiger partial charge >= 0.3 is 0 Å². The van der Waals surface area contributed by atoms with Gasteiger partial charge in [-0.2, -0.15) is 5.26 Å². The number of imidazole rings is 1. The Labute approximate surface area is 112 Å². The normalized spacial score (nSPS) is 11.3. The maximum atomic E-state index is 8.90. The maximum absolute atomic E-state index is 8.90. The van der Waals surface area contributed by atoms with Gasteiger partial charge in [0.05, 0.1) is 0 Å². The largest absolute Gasteiger partial charge is 0.308 e. The zero-order valence-corrected chi connectivity index (χ0v) is 11.3. The molecular formula is C13H16N6. The monoisotopic (exact) mass is 256 g/mol. The van der Waals surface area contributed by atoms with E-state index >= 15 is 0 Å². The third kappa shape index (κ3) is 3.36. The summed E-state index contributed by atoms with van der Waals surface area (Å²) in [6.07, 6.45) is 6.72. The minimum atomic E-state index is 0.0526. The van der Waals surface area contributed by atoms with Crippen LogP contribution in [0.25, 0.3) is 5.95 Å². The predicted molar refractivity (Wildman–Crippen MR) is 70.5 cm³/mol. The van der Waals surface area contributed by atoms with Gasteiger partial charge in [0.1, 0.15) is 6.07 Å². The second-order valence-electron chi connectivity index (χ2n) is 5.23. The third-order valence-electron chi connectivity index (χ3n) is 2.47. The Morgan fingerprint density at radius 1 is 1.26 bits per heavy atom. The molecule has 6 nitrogen and oxygen atoms in total. The van der Waals surface area contributed by atoms with Crippen molar-refractivity contribution in [2.24, 2.45) is 0 Å². The van der Waals surface area contributed by atoms with Crippen LogP contribution in [0, 0.1) is 11.3 Å². The Balaban J connectivity index is 2.13. The highest BCUT2D eigenvalue weighted by Gasteiger charge is 2.10. The smallest absolute Gasteiger partial charge is 0.235 e. The Bertz CT molecular complexity index is 585. The van der Waals surface area contributed by atoms with E-state index in [0.717, 1.165) is 5.56 Å². The van der Waals surface area contributed by atoms with Gasteiger partial charge in [0, 0.05) is 42.4 Å². The summed E-state index contributed by atoms with van der Waals surface area (Å²) in [5, 5.41) is 12.3. The molecule has 0 atom stereocenters. The third-order valence-corrected chi connectivity index (χ3v) is 2.47. The molecule has 0 spiro atoms. The first-order chi connectivity index (χ1) is 8.99. The molecule has 0 saturated heterocycles. The molecule has 2 aromatic rings. The molecule has 1 N–H and O–H groups in total. The van der Waals surface area contributed by atoms with Crippen LogP contribution >= 0.6 is 0 Å². The van der Waals surface area contributed by atoms with Gasteiger partial charge in [-0.05, 0) is 20.8 Å². The Morgan fingerprint density at radius 2 is 1.95 bits per heavy atom. The minimum absolute atomic E-state index is 0.0526. The molecule has 0 bridgehead atoms. The summed E-state index contributed by atoms with van der Waals surface area (Å²) in [6, 6.07) is 1.99. The minimum Gasteiger partial charge on any atom is -0.308 e. The lowest BCUT2D eigenvalue weighted by molar-refractivity contribution is 0.423.